The molecule has 1 aromatic heterocycles. The zero-order valence-corrected chi connectivity index (χ0v) is 11.1. The normalized spacial score (nSPS) is 10.7. The van der Waals surface area contributed by atoms with Gasteiger partial charge in [-0.15, -0.1) is 0 Å². The third kappa shape index (κ3) is 2.07. The van der Waals surface area contributed by atoms with E-state index in [1.165, 1.54) is 13.3 Å². The Bertz CT molecular complexity index is 715. The highest BCUT2D eigenvalue weighted by atomic mass is 16.5. The topological polar surface area (TPSA) is 68.5 Å². The number of aromatic carboxylic acids is 1. The van der Waals surface area contributed by atoms with Crippen LogP contribution in [-0.4, -0.2) is 22.8 Å². The van der Waals surface area contributed by atoms with Crippen molar-refractivity contribution in [2.45, 2.75) is 20.4 Å². The molecule has 1 N–H and O–H groups in total. The number of fused-ring (bicyclic) bond motifs is 1. The Labute approximate surface area is 110 Å². The molecule has 0 radical (unpaired) electrons. The number of carbonyl (C=O) groups is 1. The molecule has 0 aliphatic rings. The molecule has 0 spiro atoms. The lowest BCUT2D eigenvalue weighted by molar-refractivity contribution is 0.0695. The minimum absolute atomic E-state index is 0.220. The summed E-state index contributed by atoms with van der Waals surface area (Å²) >= 11 is 0. The second-order valence-electron chi connectivity index (χ2n) is 4.33. The third-order valence-electron chi connectivity index (χ3n) is 3.07. The average molecular weight is 261 g/mol. The molecule has 0 saturated carbocycles. The molecule has 0 bridgehead atoms. The molecule has 0 aliphatic heterocycles. The second kappa shape index (κ2) is 4.76. The number of methoxy groups -OCH3 is 1. The van der Waals surface area contributed by atoms with Crippen LogP contribution in [0.15, 0.2) is 23.1 Å². The quantitative estimate of drug-likeness (QED) is 0.918. The zero-order valence-electron chi connectivity index (χ0n) is 11.1. The van der Waals surface area contributed by atoms with Gasteiger partial charge in [0.2, 0.25) is 5.43 Å². The molecule has 0 atom stereocenters. The van der Waals surface area contributed by atoms with Gasteiger partial charge in [-0.3, -0.25) is 4.79 Å². The molecule has 2 aromatic rings. The minimum Gasteiger partial charge on any atom is -0.495 e. The Morgan fingerprint density at radius 3 is 2.63 bits per heavy atom. The van der Waals surface area contributed by atoms with E-state index in [-0.39, 0.29) is 5.56 Å². The maximum Gasteiger partial charge on any atom is 0.341 e. The van der Waals surface area contributed by atoms with Crippen LogP contribution in [0.4, 0.5) is 0 Å². The van der Waals surface area contributed by atoms with Gasteiger partial charge < -0.3 is 14.4 Å². The molecule has 100 valence electrons. The van der Waals surface area contributed by atoms with Gasteiger partial charge in [0.15, 0.2) is 0 Å². The van der Waals surface area contributed by atoms with Crippen LogP contribution in [0.2, 0.25) is 0 Å². The Morgan fingerprint density at radius 2 is 2.11 bits per heavy atom. The number of aromatic nitrogens is 1. The Balaban J connectivity index is 3.02. The van der Waals surface area contributed by atoms with Crippen LogP contribution in [0.25, 0.3) is 10.9 Å². The van der Waals surface area contributed by atoms with Crippen LogP contribution < -0.4 is 10.2 Å². The third-order valence-corrected chi connectivity index (χ3v) is 3.07. The van der Waals surface area contributed by atoms with Crippen LogP contribution >= 0.6 is 0 Å². The molecular weight excluding hydrogens is 246 g/mol. The number of carboxylic acid groups (broad SMARTS) is 1. The molecule has 0 unspecified atom stereocenters. The molecule has 0 saturated heterocycles. The van der Waals surface area contributed by atoms with Gasteiger partial charge >= 0.3 is 5.97 Å². The molecule has 5 nitrogen and oxygen atoms in total. The highest BCUT2D eigenvalue weighted by molar-refractivity contribution is 5.94. The highest BCUT2D eigenvalue weighted by Crippen LogP contribution is 2.26. The first-order valence-electron chi connectivity index (χ1n) is 5.94. The SMILES string of the molecule is CCn1cc(C(=O)O)c(=O)c2cc(C)cc(OC)c21. The number of rotatable bonds is 3. The van der Waals surface area contributed by atoms with Gasteiger partial charge in [-0.1, -0.05) is 0 Å². The van der Waals surface area contributed by atoms with Gasteiger partial charge in [0.1, 0.15) is 11.3 Å². The summed E-state index contributed by atoms with van der Waals surface area (Å²) in [6, 6.07) is 3.52. The number of benzene rings is 1. The standard InChI is InChI=1S/C14H15NO4/c1-4-15-7-10(14(17)18)13(16)9-5-8(2)6-11(19-3)12(9)15/h5-7H,4H2,1-3H3,(H,17,18). The minimum atomic E-state index is -1.21. The maximum absolute atomic E-state index is 12.2. The number of pyridine rings is 1. The van der Waals surface area contributed by atoms with E-state index in [0.29, 0.717) is 23.2 Å². The molecule has 1 heterocycles. The van der Waals surface area contributed by atoms with E-state index in [1.807, 2.05) is 19.9 Å². The van der Waals surface area contributed by atoms with Crippen molar-refractivity contribution in [2.75, 3.05) is 7.11 Å². The predicted octanol–water partition coefficient (Wildman–Crippen LogP) is 2.04. The van der Waals surface area contributed by atoms with Crippen LogP contribution in [-0.2, 0) is 6.54 Å². The number of ether oxygens (including phenoxy) is 1. The predicted molar refractivity (Wildman–Crippen MR) is 72.1 cm³/mol. The van der Waals surface area contributed by atoms with E-state index in [1.54, 1.807) is 10.6 Å². The molecule has 1 aromatic carbocycles. The molecule has 0 fully saturated rings. The van der Waals surface area contributed by atoms with Gasteiger partial charge in [0.25, 0.3) is 0 Å². The van der Waals surface area contributed by atoms with E-state index >= 15 is 0 Å². The van der Waals surface area contributed by atoms with Crippen molar-refractivity contribution < 1.29 is 14.6 Å². The van der Waals surface area contributed by atoms with Crippen molar-refractivity contribution in [1.29, 1.82) is 0 Å². The monoisotopic (exact) mass is 261 g/mol. The van der Waals surface area contributed by atoms with E-state index < -0.39 is 11.4 Å². The van der Waals surface area contributed by atoms with Gasteiger partial charge in [-0.05, 0) is 31.5 Å². The summed E-state index contributed by atoms with van der Waals surface area (Å²) in [6.45, 7) is 4.27. The van der Waals surface area contributed by atoms with Crippen LogP contribution in [0.1, 0.15) is 22.8 Å². The van der Waals surface area contributed by atoms with Crippen LogP contribution in [0, 0.1) is 6.92 Å². The maximum atomic E-state index is 12.2. The van der Waals surface area contributed by atoms with Crippen molar-refractivity contribution in [2.24, 2.45) is 0 Å². The van der Waals surface area contributed by atoms with Crippen molar-refractivity contribution in [3.63, 3.8) is 0 Å². The smallest absolute Gasteiger partial charge is 0.341 e. The fourth-order valence-electron chi connectivity index (χ4n) is 2.20. The van der Waals surface area contributed by atoms with Crippen molar-refractivity contribution in [1.82, 2.24) is 4.57 Å². The molecule has 0 amide bonds. The number of carboxylic acids is 1. The molecular formula is C14H15NO4. The average Bonchev–Trinajstić information content (AvgIpc) is 2.38. The molecule has 5 heteroatoms. The summed E-state index contributed by atoms with van der Waals surface area (Å²) in [5.74, 6) is -0.638. The number of aryl methyl sites for hydroxylation is 2. The largest absolute Gasteiger partial charge is 0.495 e. The Kier molecular flexibility index (Phi) is 3.29. The first-order valence-corrected chi connectivity index (χ1v) is 5.94. The fraction of sp³-hybridized carbons (Fsp3) is 0.286. The van der Waals surface area contributed by atoms with Gasteiger partial charge in [0, 0.05) is 12.7 Å². The summed E-state index contributed by atoms with van der Waals surface area (Å²) in [5, 5.41) is 9.47. The summed E-state index contributed by atoms with van der Waals surface area (Å²) in [4.78, 5) is 23.3. The lowest BCUT2D eigenvalue weighted by atomic mass is 10.1. The highest BCUT2D eigenvalue weighted by Gasteiger charge is 2.16. The number of hydrogen-bond donors (Lipinski definition) is 1. The summed E-state index contributed by atoms with van der Waals surface area (Å²) in [5.41, 5.74) is 0.786. The van der Waals surface area contributed by atoms with Crippen LogP contribution in [0.5, 0.6) is 5.75 Å². The Morgan fingerprint density at radius 1 is 1.42 bits per heavy atom. The lowest BCUT2D eigenvalue weighted by Crippen LogP contribution is -2.19. The lowest BCUT2D eigenvalue weighted by Gasteiger charge is -2.14. The summed E-state index contributed by atoms with van der Waals surface area (Å²) in [6.07, 6.45) is 1.37. The van der Waals surface area contributed by atoms with E-state index in [0.717, 1.165) is 5.56 Å². The summed E-state index contributed by atoms with van der Waals surface area (Å²) in [7, 11) is 1.53. The van der Waals surface area contributed by atoms with E-state index in [9.17, 15) is 9.59 Å². The molecule has 2 rings (SSSR count). The van der Waals surface area contributed by atoms with E-state index in [2.05, 4.69) is 0 Å². The molecule has 19 heavy (non-hydrogen) atoms. The van der Waals surface area contributed by atoms with E-state index in [4.69, 9.17) is 9.84 Å². The molecule has 0 aliphatic carbocycles. The zero-order chi connectivity index (χ0) is 14.2. The number of nitrogens with zero attached hydrogens (tertiary/aromatic N) is 1. The van der Waals surface area contributed by atoms with Crippen LogP contribution in [0.3, 0.4) is 0 Å². The first kappa shape index (κ1) is 13.1. The summed E-state index contributed by atoms with van der Waals surface area (Å²) < 4.78 is 7.02. The Hall–Kier alpha value is -2.30. The van der Waals surface area contributed by atoms with Gasteiger partial charge in [-0.2, -0.15) is 0 Å². The first-order chi connectivity index (χ1) is 8.99. The van der Waals surface area contributed by atoms with Gasteiger partial charge in [0.05, 0.1) is 18.0 Å². The van der Waals surface area contributed by atoms with Crippen molar-refractivity contribution in [3.05, 3.63) is 39.7 Å². The number of hydrogen-bond acceptors (Lipinski definition) is 3. The van der Waals surface area contributed by atoms with Crippen molar-refractivity contribution >= 4 is 16.9 Å². The second-order valence-corrected chi connectivity index (χ2v) is 4.33. The fourth-order valence-corrected chi connectivity index (χ4v) is 2.20. The van der Waals surface area contributed by atoms with Crippen molar-refractivity contribution in [3.8, 4) is 5.75 Å². The van der Waals surface area contributed by atoms with Gasteiger partial charge in [-0.25, -0.2) is 4.79 Å².